The van der Waals surface area contributed by atoms with Crippen LogP contribution in [0.15, 0.2) is 48.5 Å². The number of amides is 3. The zero-order valence-electron chi connectivity index (χ0n) is 17.0. The van der Waals surface area contributed by atoms with E-state index in [0.29, 0.717) is 15.6 Å². The second-order valence-electron chi connectivity index (χ2n) is 8.10. The van der Waals surface area contributed by atoms with E-state index in [2.05, 4.69) is 27.2 Å². The molecule has 3 fully saturated rings. The standard InChI is InChI=1S/C22H23Cl2N5O2/c1-26-19-18(20(30)29(22(26)31)13-14-8-9-15(23)12-17(14)24)28-11-5-10-27(21(28)25-19)16-6-3-2-4-7-16/h2-4,6-9,12,18-19,21,25H,5,10-11,13H2,1H3. The molecule has 0 saturated carbocycles. The van der Waals surface area contributed by atoms with Crippen LogP contribution in [0.3, 0.4) is 0 Å². The van der Waals surface area contributed by atoms with Crippen molar-refractivity contribution in [3.63, 3.8) is 0 Å². The van der Waals surface area contributed by atoms with E-state index in [4.69, 9.17) is 23.2 Å². The first-order valence-electron chi connectivity index (χ1n) is 10.3. The van der Waals surface area contributed by atoms with Gasteiger partial charge in [-0.2, -0.15) is 0 Å². The zero-order valence-corrected chi connectivity index (χ0v) is 18.6. The molecular formula is C22H23Cl2N5O2. The molecular weight excluding hydrogens is 437 g/mol. The Morgan fingerprint density at radius 2 is 1.84 bits per heavy atom. The Morgan fingerprint density at radius 3 is 2.58 bits per heavy atom. The molecule has 0 aromatic heterocycles. The summed E-state index contributed by atoms with van der Waals surface area (Å²) in [7, 11) is 1.74. The van der Waals surface area contributed by atoms with Crippen LogP contribution in [0.2, 0.25) is 10.0 Å². The normalized spacial score (nSPS) is 26.3. The molecule has 0 bridgehead atoms. The van der Waals surface area contributed by atoms with Gasteiger partial charge in [-0.05, 0) is 36.2 Å². The van der Waals surface area contributed by atoms with E-state index in [-0.39, 0.29) is 30.9 Å². The summed E-state index contributed by atoms with van der Waals surface area (Å²) in [6, 6.07) is 14.4. The van der Waals surface area contributed by atoms with Crippen LogP contribution in [0.4, 0.5) is 10.5 Å². The van der Waals surface area contributed by atoms with Crippen molar-refractivity contribution >= 4 is 40.8 Å². The number of fused-ring (bicyclic) bond motifs is 3. The second-order valence-corrected chi connectivity index (χ2v) is 8.95. The molecule has 3 aliphatic heterocycles. The third-order valence-electron chi connectivity index (χ3n) is 6.30. The zero-order chi connectivity index (χ0) is 21.7. The van der Waals surface area contributed by atoms with Crippen molar-refractivity contribution in [2.75, 3.05) is 25.0 Å². The lowest BCUT2D eigenvalue weighted by atomic mass is 10.1. The minimum absolute atomic E-state index is 0.113. The fraction of sp³-hybridized carbons (Fsp3) is 0.364. The number of rotatable bonds is 3. The van der Waals surface area contributed by atoms with Crippen LogP contribution < -0.4 is 10.2 Å². The van der Waals surface area contributed by atoms with Gasteiger partial charge in [-0.15, -0.1) is 0 Å². The lowest BCUT2D eigenvalue weighted by molar-refractivity contribution is -0.139. The van der Waals surface area contributed by atoms with Gasteiger partial charge in [0.05, 0.1) is 6.54 Å². The van der Waals surface area contributed by atoms with Gasteiger partial charge in [0, 0.05) is 35.9 Å². The van der Waals surface area contributed by atoms with Crippen LogP contribution >= 0.6 is 23.2 Å². The highest BCUT2D eigenvalue weighted by Crippen LogP contribution is 2.34. The number of nitrogens with one attached hydrogen (secondary N) is 1. The summed E-state index contributed by atoms with van der Waals surface area (Å²) in [4.78, 5) is 34.0. The van der Waals surface area contributed by atoms with Gasteiger partial charge in [-0.25, -0.2) is 4.79 Å². The van der Waals surface area contributed by atoms with Gasteiger partial charge < -0.3 is 9.80 Å². The average Bonchev–Trinajstić information content (AvgIpc) is 3.17. The summed E-state index contributed by atoms with van der Waals surface area (Å²) >= 11 is 12.3. The summed E-state index contributed by atoms with van der Waals surface area (Å²) in [5, 5.41) is 4.47. The Morgan fingerprint density at radius 1 is 1.06 bits per heavy atom. The first-order chi connectivity index (χ1) is 15.0. The maximum absolute atomic E-state index is 13.6. The van der Waals surface area contributed by atoms with Gasteiger partial charge in [0.15, 0.2) is 0 Å². The summed E-state index contributed by atoms with van der Waals surface area (Å²) in [5.74, 6) is -0.205. The minimum Gasteiger partial charge on any atom is -0.343 e. The second kappa shape index (κ2) is 7.98. The number of carbonyl (C=O) groups is 2. The number of halogens is 2. The molecule has 3 saturated heterocycles. The van der Waals surface area contributed by atoms with Crippen molar-refractivity contribution < 1.29 is 9.59 Å². The number of hydrogen-bond acceptors (Lipinski definition) is 5. The molecule has 2 aromatic rings. The number of para-hydroxylation sites is 1. The van der Waals surface area contributed by atoms with Crippen molar-refractivity contribution in [1.29, 1.82) is 0 Å². The minimum atomic E-state index is -0.453. The highest BCUT2D eigenvalue weighted by atomic mass is 35.5. The van der Waals surface area contributed by atoms with Crippen molar-refractivity contribution in [2.24, 2.45) is 0 Å². The van der Waals surface area contributed by atoms with Gasteiger partial charge in [0.2, 0.25) is 0 Å². The number of carbonyl (C=O) groups excluding carboxylic acids is 2. The van der Waals surface area contributed by atoms with E-state index in [9.17, 15) is 9.59 Å². The maximum Gasteiger partial charge on any atom is 0.328 e. The van der Waals surface area contributed by atoms with Crippen LogP contribution in [0.25, 0.3) is 0 Å². The molecule has 7 nitrogen and oxygen atoms in total. The fourth-order valence-electron chi connectivity index (χ4n) is 4.77. The molecule has 9 heteroatoms. The number of nitrogens with zero attached hydrogens (tertiary/aromatic N) is 4. The molecule has 3 unspecified atom stereocenters. The Labute approximate surface area is 191 Å². The number of urea groups is 1. The van der Waals surface area contributed by atoms with E-state index in [1.54, 1.807) is 30.1 Å². The fourth-order valence-corrected chi connectivity index (χ4v) is 5.24. The predicted octanol–water partition coefficient (Wildman–Crippen LogP) is 3.18. The first kappa shape index (κ1) is 20.6. The van der Waals surface area contributed by atoms with Crippen molar-refractivity contribution in [2.45, 2.75) is 31.5 Å². The molecule has 0 aliphatic carbocycles. The van der Waals surface area contributed by atoms with Gasteiger partial charge >= 0.3 is 6.03 Å². The molecule has 0 spiro atoms. The van der Waals surface area contributed by atoms with Crippen molar-refractivity contribution in [3.8, 4) is 0 Å². The predicted molar refractivity (Wildman–Crippen MR) is 120 cm³/mol. The van der Waals surface area contributed by atoms with Crippen LogP contribution in [0.1, 0.15) is 12.0 Å². The number of imide groups is 1. The lowest BCUT2D eigenvalue weighted by Crippen LogP contribution is -2.66. The number of anilines is 1. The Hall–Kier alpha value is -2.32. The van der Waals surface area contributed by atoms with Crippen molar-refractivity contribution in [3.05, 3.63) is 64.1 Å². The topological polar surface area (TPSA) is 59.1 Å². The van der Waals surface area contributed by atoms with E-state index < -0.39 is 6.04 Å². The van der Waals surface area contributed by atoms with Gasteiger partial charge in [0.25, 0.3) is 5.91 Å². The highest BCUT2D eigenvalue weighted by Gasteiger charge is 2.56. The molecule has 3 atom stereocenters. The molecule has 1 N–H and O–H groups in total. The molecule has 3 aliphatic rings. The Balaban J connectivity index is 1.44. The van der Waals surface area contributed by atoms with Crippen molar-refractivity contribution in [1.82, 2.24) is 20.0 Å². The van der Waals surface area contributed by atoms with Gasteiger partial charge in [-0.1, -0.05) is 47.5 Å². The van der Waals surface area contributed by atoms with Crippen LogP contribution in [0, 0.1) is 0 Å². The molecule has 3 heterocycles. The first-order valence-corrected chi connectivity index (χ1v) is 11.1. The number of hydrogen-bond donors (Lipinski definition) is 1. The van der Waals surface area contributed by atoms with Crippen LogP contribution in [0.5, 0.6) is 0 Å². The van der Waals surface area contributed by atoms with Gasteiger partial charge in [-0.3, -0.25) is 19.9 Å². The van der Waals surface area contributed by atoms with E-state index in [1.807, 2.05) is 18.2 Å². The molecule has 162 valence electrons. The summed E-state index contributed by atoms with van der Waals surface area (Å²) < 4.78 is 0. The molecule has 5 rings (SSSR count). The smallest absolute Gasteiger partial charge is 0.328 e. The summed E-state index contributed by atoms with van der Waals surface area (Å²) in [6.45, 7) is 1.78. The van der Waals surface area contributed by atoms with Crippen LogP contribution in [-0.2, 0) is 11.3 Å². The highest BCUT2D eigenvalue weighted by molar-refractivity contribution is 6.35. The van der Waals surface area contributed by atoms with E-state index in [1.165, 1.54) is 4.90 Å². The monoisotopic (exact) mass is 459 g/mol. The molecule has 2 aromatic carbocycles. The van der Waals surface area contributed by atoms with Crippen LogP contribution in [-0.4, -0.2) is 65.3 Å². The number of benzene rings is 2. The summed E-state index contributed by atoms with van der Waals surface area (Å²) in [5.41, 5.74) is 1.78. The molecule has 0 radical (unpaired) electrons. The number of likely N-dealkylation sites (N-methyl/N-ethyl adjacent to an activating group) is 1. The maximum atomic E-state index is 13.6. The largest absolute Gasteiger partial charge is 0.343 e. The van der Waals surface area contributed by atoms with E-state index in [0.717, 1.165) is 25.2 Å². The third-order valence-corrected chi connectivity index (χ3v) is 6.89. The Kier molecular flexibility index (Phi) is 5.30. The molecule has 31 heavy (non-hydrogen) atoms. The van der Waals surface area contributed by atoms with E-state index >= 15 is 0 Å². The molecule has 3 amide bonds. The third kappa shape index (κ3) is 3.46. The quantitative estimate of drug-likeness (QED) is 0.763. The lowest BCUT2D eigenvalue weighted by Gasteiger charge is -2.44. The van der Waals surface area contributed by atoms with Gasteiger partial charge in [0.1, 0.15) is 18.5 Å². The Bertz CT molecular complexity index is 1020. The average molecular weight is 460 g/mol. The summed E-state index contributed by atoms with van der Waals surface area (Å²) in [6.07, 6.45) is 0.403. The SMILES string of the molecule is CN1C(=O)N(Cc2ccc(Cl)cc2Cl)C(=O)C2C1NC1N(c3ccccc3)CCCN21.